The smallest absolute Gasteiger partial charge is 0.271 e. The van der Waals surface area contributed by atoms with Crippen LogP contribution in [0.1, 0.15) is 15.2 Å². The zero-order valence-electron chi connectivity index (χ0n) is 13.4. The lowest BCUT2D eigenvalue weighted by Crippen LogP contribution is -2.35. The summed E-state index contributed by atoms with van der Waals surface area (Å²) >= 11 is 1.65. The van der Waals surface area contributed by atoms with Gasteiger partial charge in [0, 0.05) is 23.5 Å². The van der Waals surface area contributed by atoms with Gasteiger partial charge in [-0.15, -0.1) is 11.3 Å². The molecule has 3 rings (SSSR count). The lowest BCUT2D eigenvalue weighted by atomic mass is 10.2. The van der Waals surface area contributed by atoms with E-state index in [0.717, 1.165) is 31.2 Å². The standard InChI is InChI=1S/C17H19N3O3S/c1-22-14-4-2-13(3-5-14)17(21)19-18-12-15-6-7-16(24-15)20-8-10-23-11-9-20/h2-7,12H,8-11H2,1H3,(H,19,21)/b18-12-. The van der Waals surface area contributed by atoms with Crippen LogP contribution in [0.3, 0.4) is 0 Å². The van der Waals surface area contributed by atoms with Gasteiger partial charge in [-0.25, -0.2) is 5.43 Å². The van der Waals surface area contributed by atoms with Gasteiger partial charge in [-0.05, 0) is 36.4 Å². The number of rotatable bonds is 5. The summed E-state index contributed by atoms with van der Waals surface area (Å²) in [6.07, 6.45) is 1.66. The summed E-state index contributed by atoms with van der Waals surface area (Å²) in [4.78, 5) is 15.3. The van der Waals surface area contributed by atoms with E-state index < -0.39 is 0 Å². The number of amides is 1. The van der Waals surface area contributed by atoms with Crippen LogP contribution < -0.4 is 15.1 Å². The fourth-order valence-electron chi connectivity index (χ4n) is 2.33. The minimum atomic E-state index is -0.251. The zero-order valence-corrected chi connectivity index (χ0v) is 14.2. The van der Waals surface area contributed by atoms with E-state index in [-0.39, 0.29) is 5.91 Å². The molecule has 0 atom stereocenters. The van der Waals surface area contributed by atoms with Crippen LogP contribution in [-0.4, -0.2) is 45.5 Å². The van der Waals surface area contributed by atoms with Crippen molar-refractivity contribution < 1.29 is 14.3 Å². The van der Waals surface area contributed by atoms with E-state index in [0.29, 0.717) is 11.3 Å². The van der Waals surface area contributed by atoms with Crippen molar-refractivity contribution in [3.63, 3.8) is 0 Å². The molecule has 0 bridgehead atoms. The first-order chi connectivity index (χ1) is 11.8. The fourth-order valence-corrected chi connectivity index (χ4v) is 3.26. The molecule has 0 spiro atoms. The molecular formula is C17H19N3O3S. The van der Waals surface area contributed by atoms with Crippen molar-refractivity contribution in [3.8, 4) is 5.75 Å². The number of nitrogens with one attached hydrogen (secondary N) is 1. The van der Waals surface area contributed by atoms with Gasteiger partial charge in [-0.2, -0.15) is 5.10 Å². The van der Waals surface area contributed by atoms with E-state index in [1.165, 1.54) is 5.00 Å². The summed E-state index contributed by atoms with van der Waals surface area (Å²) in [6, 6.07) is 11.0. The van der Waals surface area contributed by atoms with E-state index in [9.17, 15) is 4.79 Å². The molecule has 1 aromatic heterocycles. The Kier molecular flexibility index (Phi) is 5.45. The fraction of sp³-hybridized carbons (Fsp3) is 0.294. The van der Waals surface area contributed by atoms with Gasteiger partial charge in [0.15, 0.2) is 0 Å². The Morgan fingerprint density at radius 1 is 1.25 bits per heavy atom. The number of hydrogen-bond donors (Lipinski definition) is 1. The van der Waals surface area contributed by atoms with Crippen molar-refractivity contribution in [1.29, 1.82) is 0 Å². The Morgan fingerprint density at radius 3 is 2.71 bits per heavy atom. The molecule has 1 aliphatic heterocycles. The highest BCUT2D eigenvalue weighted by atomic mass is 32.1. The molecule has 7 heteroatoms. The van der Waals surface area contributed by atoms with E-state index >= 15 is 0 Å². The Hall–Kier alpha value is -2.38. The van der Waals surface area contributed by atoms with Crippen molar-refractivity contribution in [1.82, 2.24) is 5.43 Å². The maximum Gasteiger partial charge on any atom is 0.271 e. The van der Waals surface area contributed by atoms with Crippen LogP contribution in [0, 0.1) is 0 Å². The second-order valence-corrected chi connectivity index (χ2v) is 6.30. The molecule has 6 nitrogen and oxygen atoms in total. The molecule has 2 aromatic rings. The van der Waals surface area contributed by atoms with Crippen molar-refractivity contribution in [3.05, 3.63) is 46.8 Å². The number of ether oxygens (including phenoxy) is 2. The monoisotopic (exact) mass is 345 g/mol. The molecule has 24 heavy (non-hydrogen) atoms. The molecule has 1 aromatic carbocycles. The van der Waals surface area contributed by atoms with Gasteiger partial charge < -0.3 is 14.4 Å². The van der Waals surface area contributed by atoms with Crippen molar-refractivity contribution in [2.45, 2.75) is 0 Å². The lowest BCUT2D eigenvalue weighted by molar-refractivity contribution is 0.0955. The summed E-state index contributed by atoms with van der Waals surface area (Å²) in [5, 5.41) is 5.23. The summed E-state index contributed by atoms with van der Waals surface area (Å²) in [7, 11) is 1.59. The van der Waals surface area contributed by atoms with Gasteiger partial charge in [-0.1, -0.05) is 0 Å². The van der Waals surface area contributed by atoms with Gasteiger partial charge in [0.1, 0.15) is 5.75 Å². The van der Waals surface area contributed by atoms with E-state index in [1.54, 1.807) is 48.9 Å². The minimum absolute atomic E-state index is 0.251. The molecule has 0 radical (unpaired) electrons. The largest absolute Gasteiger partial charge is 0.497 e. The number of hydrazone groups is 1. The molecule has 1 aliphatic rings. The molecule has 2 heterocycles. The third-order valence-corrected chi connectivity index (χ3v) is 4.73. The molecule has 1 saturated heterocycles. The van der Waals surface area contributed by atoms with Crippen LogP contribution in [0.4, 0.5) is 5.00 Å². The van der Waals surface area contributed by atoms with Gasteiger partial charge >= 0.3 is 0 Å². The lowest BCUT2D eigenvalue weighted by Gasteiger charge is -2.27. The number of benzene rings is 1. The highest BCUT2D eigenvalue weighted by Gasteiger charge is 2.12. The van der Waals surface area contributed by atoms with Crippen molar-refractivity contribution in [2.75, 3.05) is 38.3 Å². The van der Waals surface area contributed by atoms with E-state index in [2.05, 4.69) is 21.5 Å². The van der Waals surface area contributed by atoms with Crippen LogP contribution in [0.15, 0.2) is 41.5 Å². The first-order valence-corrected chi connectivity index (χ1v) is 8.48. The van der Waals surface area contributed by atoms with Crippen LogP contribution in [0.25, 0.3) is 0 Å². The first kappa shape index (κ1) is 16.5. The molecule has 1 amide bonds. The number of anilines is 1. The summed E-state index contributed by atoms with van der Waals surface area (Å²) in [6.45, 7) is 3.34. The number of carbonyl (C=O) groups excluding carboxylic acids is 1. The molecule has 0 aliphatic carbocycles. The number of hydrogen-bond acceptors (Lipinski definition) is 6. The molecule has 1 N–H and O–H groups in total. The molecule has 126 valence electrons. The van der Waals surface area contributed by atoms with Gasteiger partial charge in [0.25, 0.3) is 5.91 Å². The Labute approximate surface area is 144 Å². The normalized spacial score (nSPS) is 14.8. The second-order valence-electron chi connectivity index (χ2n) is 5.20. The Bertz CT molecular complexity index is 706. The average Bonchev–Trinajstić information content (AvgIpc) is 3.11. The molecule has 1 fully saturated rings. The second kappa shape index (κ2) is 7.94. The Balaban J connectivity index is 1.55. The van der Waals surface area contributed by atoms with Crippen molar-refractivity contribution in [2.24, 2.45) is 5.10 Å². The Morgan fingerprint density at radius 2 is 2.00 bits per heavy atom. The van der Waals surface area contributed by atoms with E-state index in [4.69, 9.17) is 9.47 Å². The predicted molar refractivity (Wildman–Crippen MR) is 95.4 cm³/mol. The first-order valence-electron chi connectivity index (χ1n) is 7.66. The molecule has 0 unspecified atom stereocenters. The van der Waals surface area contributed by atoms with Crippen molar-refractivity contribution >= 4 is 28.5 Å². The number of carbonyl (C=O) groups is 1. The minimum Gasteiger partial charge on any atom is -0.497 e. The number of morpholine rings is 1. The zero-order chi connectivity index (χ0) is 16.8. The predicted octanol–water partition coefficient (Wildman–Crippen LogP) is 2.36. The summed E-state index contributed by atoms with van der Waals surface area (Å²) in [5.74, 6) is 0.461. The highest BCUT2D eigenvalue weighted by Crippen LogP contribution is 2.25. The van der Waals surface area contributed by atoms with Gasteiger partial charge in [-0.3, -0.25) is 4.79 Å². The number of thiophene rings is 1. The average molecular weight is 345 g/mol. The van der Waals surface area contributed by atoms with Gasteiger partial charge in [0.2, 0.25) is 0 Å². The van der Waals surface area contributed by atoms with Gasteiger partial charge in [0.05, 0.1) is 31.5 Å². The molecule has 0 saturated carbocycles. The SMILES string of the molecule is COc1ccc(C(=O)N/N=C\c2ccc(N3CCOCC3)s2)cc1. The van der Waals surface area contributed by atoms with Crippen LogP contribution in [-0.2, 0) is 4.74 Å². The van der Waals surface area contributed by atoms with Crippen LogP contribution in [0.5, 0.6) is 5.75 Å². The topological polar surface area (TPSA) is 63.2 Å². The third kappa shape index (κ3) is 4.12. The maximum atomic E-state index is 12.0. The number of nitrogens with zero attached hydrogens (tertiary/aromatic N) is 2. The maximum absolute atomic E-state index is 12.0. The summed E-state index contributed by atoms with van der Waals surface area (Å²) < 4.78 is 10.4. The highest BCUT2D eigenvalue weighted by molar-refractivity contribution is 7.17. The molecular weight excluding hydrogens is 326 g/mol. The van der Waals surface area contributed by atoms with E-state index in [1.807, 2.05) is 6.07 Å². The van der Waals surface area contributed by atoms with Crippen LogP contribution >= 0.6 is 11.3 Å². The third-order valence-electron chi connectivity index (χ3n) is 3.65. The van der Waals surface area contributed by atoms with Crippen LogP contribution in [0.2, 0.25) is 0 Å². The summed E-state index contributed by atoms with van der Waals surface area (Å²) in [5.41, 5.74) is 3.07. The quantitative estimate of drug-likeness (QED) is 0.667. The number of methoxy groups -OCH3 is 1.